The largest absolute Gasteiger partial charge is 0.393 e. The highest BCUT2D eigenvalue weighted by atomic mass is 19.3. The Morgan fingerprint density at radius 3 is 2.53 bits per heavy atom. The summed E-state index contributed by atoms with van der Waals surface area (Å²) in [5.41, 5.74) is 4.17. The van der Waals surface area contributed by atoms with Gasteiger partial charge in [-0.3, -0.25) is 0 Å². The minimum absolute atomic E-state index is 0.0273. The SMILES string of the molecule is C#CC(F)(F)[C@]1(O)CC[C@H]2[C@@H]3CCC4=CC(=NOCCO)CCC4=C3[C@@H](c3ccc(C4CC4)cc3)C[C@@]21C. The molecule has 202 valence electrons. The van der Waals surface area contributed by atoms with Crippen LogP contribution in [0.3, 0.4) is 0 Å². The van der Waals surface area contributed by atoms with Crippen LogP contribution in [0, 0.1) is 29.6 Å². The van der Waals surface area contributed by atoms with Gasteiger partial charge in [0.05, 0.1) is 12.3 Å². The van der Waals surface area contributed by atoms with Crippen molar-refractivity contribution >= 4 is 5.71 Å². The Balaban J connectivity index is 1.45. The lowest BCUT2D eigenvalue weighted by Crippen LogP contribution is -2.60. The third-order valence-electron chi connectivity index (χ3n) is 10.4. The van der Waals surface area contributed by atoms with Gasteiger partial charge in [-0.25, -0.2) is 0 Å². The van der Waals surface area contributed by atoms with E-state index in [9.17, 15) is 5.11 Å². The average molecular weight is 522 g/mol. The van der Waals surface area contributed by atoms with E-state index < -0.39 is 16.9 Å². The minimum Gasteiger partial charge on any atom is -0.393 e. The number of nitrogens with zero attached hydrogens (tertiary/aromatic N) is 1. The molecule has 6 heteroatoms. The van der Waals surface area contributed by atoms with Crippen LogP contribution < -0.4 is 0 Å². The lowest BCUT2D eigenvalue weighted by atomic mass is 9.50. The molecular weight excluding hydrogens is 484 g/mol. The smallest absolute Gasteiger partial charge is 0.336 e. The number of aliphatic hydroxyl groups is 2. The summed E-state index contributed by atoms with van der Waals surface area (Å²) in [7, 11) is 0. The molecule has 0 amide bonds. The van der Waals surface area contributed by atoms with Crippen molar-refractivity contribution in [3.05, 3.63) is 58.2 Å². The van der Waals surface area contributed by atoms with Gasteiger partial charge in [0.15, 0.2) is 0 Å². The lowest BCUT2D eigenvalue weighted by Gasteiger charge is -2.55. The summed E-state index contributed by atoms with van der Waals surface area (Å²) in [6.07, 6.45) is 14.2. The number of alkyl halides is 2. The second kappa shape index (κ2) is 9.31. The molecule has 0 aliphatic heterocycles. The Kier molecular flexibility index (Phi) is 6.31. The summed E-state index contributed by atoms with van der Waals surface area (Å²) in [5.74, 6) is -1.22. The fraction of sp³-hybridized carbons (Fsp3) is 0.594. The first-order chi connectivity index (χ1) is 18.2. The first-order valence-corrected chi connectivity index (χ1v) is 14.1. The Morgan fingerprint density at radius 1 is 1.11 bits per heavy atom. The van der Waals surface area contributed by atoms with Gasteiger partial charge in [-0.05, 0) is 110 Å². The second-order valence-corrected chi connectivity index (χ2v) is 12.2. The molecule has 38 heavy (non-hydrogen) atoms. The predicted octanol–water partition coefficient (Wildman–Crippen LogP) is 6.26. The highest BCUT2D eigenvalue weighted by Gasteiger charge is 2.71. The molecule has 5 aliphatic carbocycles. The quantitative estimate of drug-likeness (QED) is 0.264. The summed E-state index contributed by atoms with van der Waals surface area (Å²) in [4.78, 5) is 5.23. The van der Waals surface area contributed by atoms with E-state index in [1.165, 1.54) is 35.1 Å². The average Bonchev–Trinajstić information content (AvgIpc) is 3.73. The van der Waals surface area contributed by atoms with Gasteiger partial charge in [0.1, 0.15) is 12.2 Å². The van der Waals surface area contributed by atoms with Crippen LogP contribution >= 0.6 is 0 Å². The van der Waals surface area contributed by atoms with E-state index >= 15 is 8.78 Å². The summed E-state index contributed by atoms with van der Waals surface area (Å²) in [6.45, 7) is 1.97. The number of allylic oxidation sites excluding steroid dienone is 4. The maximum absolute atomic E-state index is 15.3. The van der Waals surface area contributed by atoms with E-state index in [1.54, 1.807) is 5.92 Å². The fourth-order valence-corrected chi connectivity index (χ4v) is 8.27. The molecule has 3 fully saturated rings. The highest BCUT2D eigenvalue weighted by Crippen LogP contribution is 2.69. The maximum atomic E-state index is 15.3. The molecule has 6 rings (SSSR count). The number of terminal acetylenes is 1. The van der Waals surface area contributed by atoms with Gasteiger partial charge < -0.3 is 15.1 Å². The molecule has 0 saturated heterocycles. The van der Waals surface area contributed by atoms with Crippen LogP contribution in [0.2, 0.25) is 0 Å². The molecule has 0 spiro atoms. The molecular formula is C32H37F2NO3. The van der Waals surface area contributed by atoms with Gasteiger partial charge in [0.25, 0.3) is 0 Å². The van der Waals surface area contributed by atoms with Crippen LogP contribution in [0.15, 0.2) is 52.2 Å². The van der Waals surface area contributed by atoms with Gasteiger partial charge in [-0.15, -0.1) is 6.42 Å². The fourth-order valence-electron chi connectivity index (χ4n) is 8.27. The third kappa shape index (κ3) is 3.88. The van der Waals surface area contributed by atoms with Crippen molar-refractivity contribution in [1.29, 1.82) is 0 Å². The Labute approximate surface area is 223 Å². The zero-order valence-electron chi connectivity index (χ0n) is 22.1. The number of hydrogen-bond donors (Lipinski definition) is 2. The van der Waals surface area contributed by atoms with Crippen molar-refractivity contribution in [2.75, 3.05) is 13.2 Å². The first-order valence-electron chi connectivity index (χ1n) is 14.1. The molecule has 0 unspecified atom stereocenters. The van der Waals surface area contributed by atoms with Crippen molar-refractivity contribution in [2.45, 2.75) is 88.1 Å². The first kappa shape index (κ1) is 25.8. The van der Waals surface area contributed by atoms with E-state index in [0.717, 1.165) is 37.0 Å². The van der Waals surface area contributed by atoms with Crippen LogP contribution in [0.4, 0.5) is 8.78 Å². The van der Waals surface area contributed by atoms with E-state index in [4.69, 9.17) is 16.4 Å². The zero-order chi connectivity index (χ0) is 26.7. The summed E-state index contributed by atoms with van der Waals surface area (Å²) in [5, 5.41) is 24.9. The standard InChI is InChI=1S/C32H37F2NO3/c1-3-32(33,34)31(37)15-14-28-26-12-10-23-18-24(35-38-17-16-36)11-13-25(23)29(26)27(19-30(28,31)2)22-8-6-21(7-9-22)20-4-5-20/h1,6-9,18,20,26-28,36-37H,4-5,10-17,19H2,2H3/t26-,27+,28-,30-,31-/m0/s1. The number of halogens is 2. The molecule has 1 aromatic carbocycles. The van der Waals surface area contributed by atoms with Crippen molar-refractivity contribution < 1.29 is 23.8 Å². The summed E-state index contributed by atoms with van der Waals surface area (Å²) < 4.78 is 30.5. The number of aliphatic hydroxyl groups excluding tert-OH is 1. The van der Waals surface area contributed by atoms with Gasteiger partial charge in [-0.1, -0.05) is 41.9 Å². The van der Waals surface area contributed by atoms with Crippen LogP contribution in [0.5, 0.6) is 0 Å². The molecule has 3 saturated carbocycles. The molecule has 0 aromatic heterocycles. The number of fused-ring (bicyclic) bond motifs is 4. The summed E-state index contributed by atoms with van der Waals surface area (Å²) >= 11 is 0. The molecule has 1 aromatic rings. The van der Waals surface area contributed by atoms with Crippen molar-refractivity contribution in [2.24, 2.45) is 22.4 Å². The molecule has 0 heterocycles. The lowest BCUT2D eigenvalue weighted by molar-refractivity contribution is -0.209. The maximum Gasteiger partial charge on any atom is 0.336 e. The van der Waals surface area contributed by atoms with Crippen molar-refractivity contribution in [3.63, 3.8) is 0 Å². The molecule has 2 N–H and O–H groups in total. The Hall–Kier alpha value is -2.49. The van der Waals surface area contributed by atoms with Crippen molar-refractivity contribution in [1.82, 2.24) is 0 Å². The summed E-state index contributed by atoms with van der Waals surface area (Å²) in [6, 6.07) is 8.80. The van der Waals surface area contributed by atoms with Gasteiger partial charge in [-0.2, -0.15) is 8.78 Å². The number of rotatable bonds is 6. The van der Waals surface area contributed by atoms with E-state index in [1.807, 2.05) is 6.92 Å². The molecule has 0 radical (unpaired) electrons. The topological polar surface area (TPSA) is 62.1 Å². The molecule has 0 bridgehead atoms. The Bertz CT molecular complexity index is 1240. The van der Waals surface area contributed by atoms with Gasteiger partial charge in [0, 0.05) is 11.3 Å². The predicted molar refractivity (Wildman–Crippen MR) is 143 cm³/mol. The van der Waals surface area contributed by atoms with Crippen LogP contribution in [-0.2, 0) is 4.84 Å². The minimum atomic E-state index is -3.58. The second-order valence-electron chi connectivity index (χ2n) is 12.2. The Morgan fingerprint density at radius 2 is 1.84 bits per heavy atom. The van der Waals surface area contributed by atoms with E-state index in [-0.39, 0.29) is 37.4 Å². The number of hydrogen-bond acceptors (Lipinski definition) is 4. The normalized spacial score (nSPS) is 35.7. The van der Waals surface area contributed by atoms with Crippen LogP contribution in [0.25, 0.3) is 0 Å². The van der Waals surface area contributed by atoms with E-state index in [0.29, 0.717) is 18.8 Å². The molecule has 5 aliphatic rings. The van der Waals surface area contributed by atoms with E-state index in [2.05, 4.69) is 35.5 Å². The zero-order valence-corrected chi connectivity index (χ0v) is 22.1. The molecule has 5 atom stereocenters. The highest BCUT2D eigenvalue weighted by molar-refractivity contribution is 5.97. The van der Waals surface area contributed by atoms with Crippen LogP contribution in [0.1, 0.15) is 87.7 Å². The number of oxime groups is 1. The monoisotopic (exact) mass is 521 g/mol. The molecule has 4 nitrogen and oxygen atoms in total. The number of benzene rings is 1. The third-order valence-corrected chi connectivity index (χ3v) is 10.4. The van der Waals surface area contributed by atoms with Crippen LogP contribution in [-0.4, -0.2) is 40.7 Å². The van der Waals surface area contributed by atoms with Crippen molar-refractivity contribution in [3.8, 4) is 12.3 Å². The van der Waals surface area contributed by atoms with Gasteiger partial charge in [0.2, 0.25) is 0 Å². The van der Waals surface area contributed by atoms with Gasteiger partial charge >= 0.3 is 5.92 Å².